The summed E-state index contributed by atoms with van der Waals surface area (Å²) in [5.41, 5.74) is 0.615. The van der Waals surface area contributed by atoms with Crippen molar-refractivity contribution in [2.75, 3.05) is 0 Å². The molecule has 1 nitrogen and oxygen atoms in total. The van der Waals surface area contributed by atoms with E-state index in [0.29, 0.717) is 5.41 Å². The summed E-state index contributed by atoms with van der Waals surface area (Å²) in [6.07, 6.45) is 33.9. The van der Waals surface area contributed by atoms with E-state index in [1.54, 1.807) is 6.42 Å². The van der Waals surface area contributed by atoms with Crippen molar-refractivity contribution in [3.63, 3.8) is 0 Å². The molecule has 0 spiro atoms. The van der Waals surface area contributed by atoms with Gasteiger partial charge in [-0.2, -0.15) is 0 Å². The Balaban J connectivity index is 0.00000900. The summed E-state index contributed by atoms with van der Waals surface area (Å²) in [6.45, 7) is 9.76. The molecule has 2 unspecified atom stereocenters. The van der Waals surface area contributed by atoms with Gasteiger partial charge < -0.3 is 6.15 Å². The van der Waals surface area contributed by atoms with Crippen molar-refractivity contribution in [2.45, 2.75) is 175 Å². The highest BCUT2D eigenvalue weighted by atomic mass is 14.5. The van der Waals surface area contributed by atoms with Crippen LogP contribution in [0, 0.1) is 17.3 Å². The predicted octanol–water partition coefficient (Wildman–Crippen LogP) is 11.4. The highest BCUT2D eigenvalue weighted by Crippen LogP contribution is 2.55. The molecular weight excluding hydrogens is 374 g/mol. The smallest absolute Gasteiger partial charge is 0.0323 e. The highest BCUT2D eigenvalue weighted by Gasteiger charge is 2.46. The van der Waals surface area contributed by atoms with E-state index in [1.165, 1.54) is 141 Å². The van der Waals surface area contributed by atoms with Gasteiger partial charge in [-0.3, -0.25) is 0 Å². The Morgan fingerprint density at radius 2 is 0.871 bits per heavy atom. The zero-order valence-electron chi connectivity index (χ0n) is 22.6. The average Bonchev–Trinajstić information content (AvgIpc) is 3.51. The summed E-state index contributed by atoms with van der Waals surface area (Å²) in [4.78, 5) is 0. The van der Waals surface area contributed by atoms with E-state index in [1.807, 2.05) is 0 Å². The first-order valence-electron chi connectivity index (χ1n) is 14.6. The Morgan fingerprint density at radius 3 is 1.29 bits per heavy atom. The number of rotatable bonds is 23. The Labute approximate surface area is 198 Å². The third-order valence-corrected chi connectivity index (χ3v) is 8.03. The van der Waals surface area contributed by atoms with Gasteiger partial charge in [-0.05, 0) is 30.1 Å². The Hall–Kier alpha value is -0.0400. The quantitative estimate of drug-likeness (QED) is 0.158. The predicted molar refractivity (Wildman–Crippen MR) is 143 cm³/mol. The van der Waals surface area contributed by atoms with Crippen molar-refractivity contribution >= 4 is 0 Å². The molecule has 0 heterocycles. The Kier molecular flexibility index (Phi) is 20.5. The molecule has 0 aromatic heterocycles. The first kappa shape index (κ1) is 31.0. The van der Waals surface area contributed by atoms with Gasteiger partial charge in [0, 0.05) is 0 Å². The van der Waals surface area contributed by atoms with Gasteiger partial charge in [-0.1, -0.05) is 163 Å². The van der Waals surface area contributed by atoms with Crippen LogP contribution in [0.15, 0.2) is 0 Å². The van der Waals surface area contributed by atoms with Crippen LogP contribution in [0.5, 0.6) is 0 Å². The first-order valence-corrected chi connectivity index (χ1v) is 14.6. The lowest BCUT2D eigenvalue weighted by Crippen LogP contribution is -2.15. The maximum atomic E-state index is 2.57. The molecule has 0 aromatic carbocycles. The van der Waals surface area contributed by atoms with Crippen molar-refractivity contribution in [3.8, 4) is 0 Å². The molecule has 3 N–H and O–H groups in total. The molecule has 1 rings (SSSR count). The lowest BCUT2D eigenvalue weighted by atomic mass is 9.80. The fraction of sp³-hybridized carbons (Fsp3) is 1.00. The monoisotopic (exact) mass is 437 g/mol. The van der Waals surface area contributed by atoms with E-state index >= 15 is 0 Å². The zero-order chi connectivity index (χ0) is 21.9. The molecule has 0 saturated heterocycles. The summed E-state index contributed by atoms with van der Waals surface area (Å²) in [5, 5.41) is 0. The Bertz CT molecular complexity index is 361. The lowest BCUT2D eigenvalue weighted by Gasteiger charge is -2.25. The van der Waals surface area contributed by atoms with Gasteiger partial charge in [0.05, 0.1) is 0 Å². The number of hydrogen-bond acceptors (Lipinski definition) is 1. The summed E-state index contributed by atoms with van der Waals surface area (Å²) >= 11 is 0. The largest absolute Gasteiger partial charge is 0.344 e. The van der Waals surface area contributed by atoms with Gasteiger partial charge in [0.15, 0.2) is 0 Å². The summed E-state index contributed by atoms with van der Waals surface area (Å²) in [7, 11) is 0. The average molecular weight is 438 g/mol. The minimum Gasteiger partial charge on any atom is -0.344 e. The highest BCUT2D eigenvalue weighted by molar-refractivity contribution is 4.95. The molecule has 1 saturated carbocycles. The van der Waals surface area contributed by atoms with Crippen LogP contribution in [0.2, 0.25) is 0 Å². The van der Waals surface area contributed by atoms with Crippen molar-refractivity contribution in [1.29, 1.82) is 0 Å². The van der Waals surface area contributed by atoms with E-state index in [-0.39, 0.29) is 6.15 Å². The summed E-state index contributed by atoms with van der Waals surface area (Å²) < 4.78 is 0. The fourth-order valence-electron chi connectivity index (χ4n) is 5.67. The standard InChI is InChI=1S/C30H60.H3N/c1-5-7-9-11-13-14-15-16-17-18-19-20-22-24-26-30(3,4)29-27-28(29)25-23-21-12-10-8-6-2;/h28-29H,5-27H2,1-4H3;1H3. The Morgan fingerprint density at radius 1 is 0.516 bits per heavy atom. The van der Waals surface area contributed by atoms with Gasteiger partial charge in [-0.15, -0.1) is 0 Å². The zero-order valence-corrected chi connectivity index (χ0v) is 22.6. The molecule has 2 atom stereocenters. The van der Waals surface area contributed by atoms with Gasteiger partial charge in [0.2, 0.25) is 0 Å². The van der Waals surface area contributed by atoms with Crippen LogP contribution >= 0.6 is 0 Å². The van der Waals surface area contributed by atoms with E-state index in [2.05, 4.69) is 27.7 Å². The lowest BCUT2D eigenvalue weighted by molar-refractivity contribution is 0.253. The van der Waals surface area contributed by atoms with Gasteiger partial charge in [-0.25, -0.2) is 0 Å². The van der Waals surface area contributed by atoms with Crippen LogP contribution in [0.25, 0.3) is 0 Å². The molecule has 1 heteroatoms. The molecule has 188 valence electrons. The molecule has 1 fully saturated rings. The molecule has 0 bridgehead atoms. The van der Waals surface area contributed by atoms with Crippen molar-refractivity contribution < 1.29 is 0 Å². The van der Waals surface area contributed by atoms with Crippen LogP contribution in [0.4, 0.5) is 0 Å². The molecule has 0 amide bonds. The maximum Gasteiger partial charge on any atom is -0.0323 e. The van der Waals surface area contributed by atoms with Crippen LogP contribution < -0.4 is 6.15 Å². The van der Waals surface area contributed by atoms with E-state index in [9.17, 15) is 0 Å². The van der Waals surface area contributed by atoms with Gasteiger partial charge >= 0.3 is 0 Å². The summed E-state index contributed by atoms with van der Waals surface area (Å²) in [5.74, 6) is 2.13. The molecule has 0 aromatic rings. The minimum atomic E-state index is 0. The van der Waals surface area contributed by atoms with E-state index < -0.39 is 0 Å². The second kappa shape index (κ2) is 20.6. The first-order chi connectivity index (χ1) is 14.6. The van der Waals surface area contributed by atoms with Gasteiger partial charge in [0.1, 0.15) is 0 Å². The van der Waals surface area contributed by atoms with Gasteiger partial charge in [0.25, 0.3) is 0 Å². The third-order valence-electron chi connectivity index (χ3n) is 8.03. The maximum absolute atomic E-state index is 2.57. The fourth-order valence-corrected chi connectivity index (χ4v) is 5.67. The molecule has 0 radical (unpaired) electrons. The van der Waals surface area contributed by atoms with E-state index in [4.69, 9.17) is 0 Å². The van der Waals surface area contributed by atoms with Crippen LogP contribution in [-0.2, 0) is 0 Å². The summed E-state index contributed by atoms with van der Waals surface area (Å²) in [6, 6.07) is 0. The van der Waals surface area contributed by atoms with Crippen LogP contribution in [-0.4, -0.2) is 0 Å². The molecule has 31 heavy (non-hydrogen) atoms. The molecule has 1 aliphatic carbocycles. The topological polar surface area (TPSA) is 35.0 Å². The minimum absolute atomic E-state index is 0. The van der Waals surface area contributed by atoms with Crippen LogP contribution in [0.3, 0.4) is 0 Å². The third kappa shape index (κ3) is 17.1. The number of hydrogen-bond donors (Lipinski definition) is 1. The normalized spacial score (nSPS) is 18.2. The molecular formula is C30H63N. The second-order valence-corrected chi connectivity index (χ2v) is 11.5. The second-order valence-electron chi connectivity index (χ2n) is 11.5. The molecule has 1 aliphatic rings. The van der Waals surface area contributed by atoms with Crippen molar-refractivity contribution in [1.82, 2.24) is 6.15 Å². The van der Waals surface area contributed by atoms with E-state index in [0.717, 1.165) is 11.8 Å². The van der Waals surface area contributed by atoms with Crippen LogP contribution in [0.1, 0.15) is 175 Å². The SMILES string of the molecule is CCCCCCCCCCCCCCCCC(C)(C)C1CC1CCCCCCCC.N. The van der Waals surface area contributed by atoms with Crippen molar-refractivity contribution in [3.05, 3.63) is 0 Å². The number of unbranched alkanes of at least 4 members (excludes halogenated alkanes) is 18. The molecule has 0 aliphatic heterocycles. The van der Waals surface area contributed by atoms with Crippen molar-refractivity contribution in [2.24, 2.45) is 17.3 Å².